The summed E-state index contributed by atoms with van der Waals surface area (Å²) < 4.78 is 0. The number of hydrogen-bond acceptors (Lipinski definition) is 7. The zero-order chi connectivity index (χ0) is 22.9. The Bertz CT molecular complexity index is 1300. The van der Waals surface area contributed by atoms with E-state index in [1.54, 1.807) is 4.90 Å². The van der Waals surface area contributed by atoms with E-state index in [4.69, 9.17) is 9.97 Å². The molecule has 2 atom stereocenters. The van der Waals surface area contributed by atoms with Crippen molar-refractivity contribution in [2.24, 2.45) is 0 Å². The molecule has 4 aromatic rings. The van der Waals surface area contributed by atoms with E-state index >= 15 is 0 Å². The Morgan fingerprint density at radius 3 is 2.45 bits per heavy atom. The standard InChI is InChI=1S/C24H19N3O3S3/c1-14-7-9-15(10-8-14)17-12-31-21(25-17)18-13-32-24(26-18)27-22(30)19(11-20(28)29)33-23(27)16-5-3-2-4-6-16/h2-10,12-13,19,23H,11H2,1H3,(H,28,29). The van der Waals surface area contributed by atoms with Gasteiger partial charge in [0, 0.05) is 16.3 Å². The summed E-state index contributed by atoms with van der Waals surface area (Å²) in [4.78, 5) is 35.6. The summed E-state index contributed by atoms with van der Waals surface area (Å²) in [7, 11) is 0. The van der Waals surface area contributed by atoms with Crippen LogP contribution in [0.15, 0.2) is 65.4 Å². The van der Waals surface area contributed by atoms with Crippen LogP contribution in [0.3, 0.4) is 0 Å². The highest BCUT2D eigenvalue weighted by Gasteiger charge is 2.44. The third-order valence-corrected chi connectivity index (χ3v) is 8.40. The first-order valence-electron chi connectivity index (χ1n) is 10.2. The molecule has 166 valence electrons. The molecule has 1 fully saturated rings. The second kappa shape index (κ2) is 9.09. The Hall–Kier alpha value is -3.01. The second-order valence-electron chi connectivity index (χ2n) is 7.61. The summed E-state index contributed by atoms with van der Waals surface area (Å²) in [6.07, 6.45) is -0.214. The maximum Gasteiger partial charge on any atom is 0.305 e. The van der Waals surface area contributed by atoms with Crippen LogP contribution in [-0.2, 0) is 9.59 Å². The molecule has 1 aliphatic heterocycles. The number of thiazole rings is 2. The molecule has 1 saturated heterocycles. The van der Waals surface area contributed by atoms with Crippen molar-refractivity contribution < 1.29 is 14.7 Å². The molecule has 2 aromatic carbocycles. The van der Waals surface area contributed by atoms with Crippen LogP contribution >= 0.6 is 34.4 Å². The van der Waals surface area contributed by atoms with E-state index < -0.39 is 11.2 Å². The van der Waals surface area contributed by atoms with E-state index in [1.165, 1.54) is 40.0 Å². The van der Waals surface area contributed by atoms with Crippen LogP contribution in [0, 0.1) is 6.92 Å². The molecule has 0 saturated carbocycles. The average Bonchev–Trinajstić information content (AvgIpc) is 3.54. The molecule has 5 rings (SSSR count). The van der Waals surface area contributed by atoms with E-state index in [-0.39, 0.29) is 17.7 Å². The molecule has 3 heterocycles. The fourth-order valence-corrected chi connectivity index (χ4v) is 6.79. The van der Waals surface area contributed by atoms with Crippen LogP contribution < -0.4 is 4.90 Å². The number of aliphatic carboxylic acids is 1. The van der Waals surface area contributed by atoms with Crippen molar-refractivity contribution in [3.8, 4) is 22.0 Å². The zero-order valence-corrected chi connectivity index (χ0v) is 20.0. The Morgan fingerprint density at radius 1 is 1.00 bits per heavy atom. The number of carbonyl (C=O) groups is 2. The highest BCUT2D eigenvalue weighted by Crippen LogP contribution is 2.48. The molecule has 0 aliphatic carbocycles. The van der Waals surface area contributed by atoms with Crippen molar-refractivity contribution in [1.29, 1.82) is 0 Å². The van der Waals surface area contributed by atoms with Crippen molar-refractivity contribution in [3.05, 3.63) is 76.5 Å². The molecule has 0 radical (unpaired) electrons. The second-order valence-corrected chi connectivity index (χ2v) is 10.6. The maximum atomic E-state index is 13.2. The first-order chi connectivity index (χ1) is 16.0. The summed E-state index contributed by atoms with van der Waals surface area (Å²) in [5, 5.41) is 13.5. The lowest BCUT2D eigenvalue weighted by molar-refractivity contribution is -0.138. The molecule has 2 aromatic heterocycles. The van der Waals surface area contributed by atoms with Crippen LogP contribution in [0.25, 0.3) is 22.0 Å². The van der Waals surface area contributed by atoms with Gasteiger partial charge in [0.05, 0.1) is 17.4 Å². The third kappa shape index (κ3) is 4.44. The number of aromatic nitrogens is 2. The summed E-state index contributed by atoms with van der Waals surface area (Å²) in [5.41, 5.74) is 4.79. The zero-order valence-electron chi connectivity index (χ0n) is 17.5. The van der Waals surface area contributed by atoms with Gasteiger partial charge in [-0.3, -0.25) is 14.5 Å². The Labute approximate surface area is 203 Å². The van der Waals surface area contributed by atoms with Crippen molar-refractivity contribution in [1.82, 2.24) is 9.97 Å². The molecule has 1 N–H and O–H groups in total. The van der Waals surface area contributed by atoms with Gasteiger partial charge in [-0.1, -0.05) is 60.2 Å². The number of carbonyl (C=O) groups excluding carboxylic acids is 1. The Balaban J connectivity index is 1.45. The summed E-state index contributed by atoms with van der Waals surface area (Å²) >= 11 is 4.24. The van der Waals surface area contributed by atoms with Gasteiger partial charge in [0.25, 0.3) is 0 Å². The van der Waals surface area contributed by atoms with Crippen LogP contribution in [0.1, 0.15) is 22.9 Å². The van der Waals surface area contributed by atoms with Gasteiger partial charge in [-0.15, -0.1) is 34.4 Å². The number of thioether (sulfide) groups is 1. The van der Waals surface area contributed by atoms with E-state index in [0.717, 1.165) is 21.8 Å². The Kier molecular flexibility index (Phi) is 6.01. The highest BCUT2D eigenvalue weighted by molar-refractivity contribution is 8.01. The molecule has 0 bridgehead atoms. The number of hydrogen-bond donors (Lipinski definition) is 1. The maximum absolute atomic E-state index is 13.2. The van der Waals surface area contributed by atoms with Crippen LogP contribution in [-0.4, -0.2) is 32.2 Å². The van der Waals surface area contributed by atoms with E-state index in [2.05, 4.69) is 19.1 Å². The Morgan fingerprint density at radius 2 is 1.73 bits per heavy atom. The van der Waals surface area contributed by atoms with E-state index in [0.29, 0.717) is 10.8 Å². The topological polar surface area (TPSA) is 83.4 Å². The monoisotopic (exact) mass is 493 g/mol. The van der Waals surface area contributed by atoms with Crippen LogP contribution in [0.2, 0.25) is 0 Å². The van der Waals surface area contributed by atoms with Crippen molar-refractivity contribution in [2.45, 2.75) is 24.0 Å². The highest BCUT2D eigenvalue weighted by atomic mass is 32.2. The number of carboxylic acid groups (broad SMARTS) is 1. The minimum Gasteiger partial charge on any atom is -0.481 e. The smallest absolute Gasteiger partial charge is 0.305 e. The predicted molar refractivity (Wildman–Crippen MR) is 134 cm³/mol. The molecule has 1 amide bonds. The number of benzene rings is 2. The van der Waals surface area contributed by atoms with Crippen molar-refractivity contribution in [3.63, 3.8) is 0 Å². The van der Waals surface area contributed by atoms with Crippen LogP contribution in [0.5, 0.6) is 0 Å². The van der Waals surface area contributed by atoms with Crippen LogP contribution in [0.4, 0.5) is 5.13 Å². The number of anilines is 1. The fourth-order valence-electron chi connectivity index (χ4n) is 3.60. The largest absolute Gasteiger partial charge is 0.481 e. The summed E-state index contributed by atoms with van der Waals surface area (Å²) in [5.74, 6) is -1.21. The SMILES string of the molecule is Cc1ccc(-c2csc(-c3csc(N4C(=O)C(CC(=O)O)SC4c4ccccc4)n3)n2)cc1. The quantitative estimate of drug-likeness (QED) is 0.362. The summed E-state index contributed by atoms with van der Waals surface area (Å²) in [6.45, 7) is 2.05. The number of carboxylic acids is 1. The van der Waals surface area contributed by atoms with Crippen molar-refractivity contribution in [2.75, 3.05) is 4.90 Å². The number of nitrogens with zero attached hydrogens (tertiary/aromatic N) is 3. The fraction of sp³-hybridized carbons (Fsp3) is 0.167. The molecular formula is C24H19N3O3S3. The predicted octanol–water partition coefficient (Wildman–Crippen LogP) is 5.86. The molecule has 1 aliphatic rings. The van der Waals surface area contributed by atoms with E-state index in [9.17, 15) is 14.7 Å². The first-order valence-corrected chi connectivity index (χ1v) is 12.9. The van der Waals surface area contributed by atoms with Gasteiger partial charge >= 0.3 is 5.97 Å². The molecule has 2 unspecified atom stereocenters. The minimum absolute atomic E-state index is 0.214. The number of aryl methyl sites for hydroxylation is 1. The van der Waals surface area contributed by atoms with E-state index in [1.807, 2.05) is 53.2 Å². The third-order valence-electron chi connectivity index (χ3n) is 5.25. The van der Waals surface area contributed by atoms with Gasteiger partial charge < -0.3 is 5.11 Å². The van der Waals surface area contributed by atoms with Gasteiger partial charge in [-0.25, -0.2) is 9.97 Å². The van der Waals surface area contributed by atoms with Gasteiger partial charge in [0.1, 0.15) is 16.1 Å². The molecule has 9 heteroatoms. The van der Waals surface area contributed by atoms with Crippen molar-refractivity contribution >= 4 is 51.4 Å². The minimum atomic E-state index is -0.985. The molecular weight excluding hydrogens is 474 g/mol. The van der Waals surface area contributed by atoms with Gasteiger partial charge in [-0.2, -0.15) is 0 Å². The molecule has 6 nitrogen and oxygen atoms in total. The molecule has 33 heavy (non-hydrogen) atoms. The first kappa shape index (κ1) is 21.8. The van der Waals surface area contributed by atoms with Gasteiger partial charge in [0.15, 0.2) is 5.13 Å². The molecule has 0 spiro atoms. The lowest BCUT2D eigenvalue weighted by atomic mass is 10.1. The van der Waals surface area contributed by atoms with Gasteiger partial charge in [-0.05, 0) is 12.5 Å². The number of rotatable bonds is 6. The summed E-state index contributed by atoms with van der Waals surface area (Å²) in [6, 6.07) is 17.9. The number of amides is 1. The lowest BCUT2D eigenvalue weighted by Gasteiger charge is -2.21. The van der Waals surface area contributed by atoms with Gasteiger partial charge in [0.2, 0.25) is 5.91 Å². The normalized spacial score (nSPS) is 18.1. The lowest BCUT2D eigenvalue weighted by Crippen LogP contribution is -2.31. The average molecular weight is 494 g/mol.